The molecule has 166 valence electrons. The number of anilines is 2. The van der Waals surface area contributed by atoms with E-state index >= 15 is 4.39 Å². The molecule has 3 aromatic rings. The topological polar surface area (TPSA) is 103 Å². The Bertz CT molecular complexity index is 1110. The molecule has 4 rings (SSSR count). The molecule has 3 N–H and O–H groups in total. The Hall–Kier alpha value is -3.88. The zero-order valence-electron chi connectivity index (χ0n) is 17.7. The summed E-state index contributed by atoms with van der Waals surface area (Å²) in [6.07, 6.45) is 1.53. The van der Waals surface area contributed by atoms with Crippen LogP contribution in [0.15, 0.2) is 48.8 Å². The molecule has 1 aromatic heterocycles. The number of carbonyl (C=O) groups is 1. The van der Waals surface area contributed by atoms with E-state index in [1.54, 1.807) is 0 Å². The van der Waals surface area contributed by atoms with Crippen LogP contribution in [-0.2, 0) is 24.3 Å². The van der Waals surface area contributed by atoms with Gasteiger partial charge in [0.2, 0.25) is 18.5 Å². The van der Waals surface area contributed by atoms with Crippen LogP contribution >= 0.6 is 0 Å². The Morgan fingerprint density at radius 3 is 2.69 bits per heavy atom. The summed E-state index contributed by atoms with van der Waals surface area (Å²) in [4.78, 5) is 21.1. The zero-order valence-corrected chi connectivity index (χ0v) is 17.7. The van der Waals surface area contributed by atoms with Crippen LogP contribution in [0.3, 0.4) is 0 Å². The van der Waals surface area contributed by atoms with Crippen LogP contribution in [0.25, 0.3) is 0 Å². The largest absolute Gasteiger partial charge is 0.454 e. The molecule has 0 saturated heterocycles. The van der Waals surface area contributed by atoms with Gasteiger partial charge in [-0.1, -0.05) is 36.4 Å². The Morgan fingerprint density at radius 2 is 1.94 bits per heavy atom. The summed E-state index contributed by atoms with van der Waals surface area (Å²) in [5, 5.41) is 3.03. The van der Waals surface area contributed by atoms with Crippen LogP contribution in [0.2, 0.25) is 0 Å². The number of nitrogens with zero attached hydrogens (tertiary/aromatic N) is 3. The number of rotatable bonds is 9. The third kappa shape index (κ3) is 4.72. The van der Waals surface area contributed by atoms with Gasteiger partial charge in [0.05, 0.1) is 6.42 Å². The molecule has 0 aliphatic carbocycles. The van der Waals surface area contributed by atoms with Crippen molar-refractivity contribution < 1.29 is 18.7 Å². The zero-order chi connectivity index (χ0) is 22.5. The SMILES string of the molecule is CCN(Cc1cccc2c1OCO2)c1ncnc(NCc2ccc(CC(N)=O)cc2)c1F. The maximum Gasteiger partial charge on any atom is 0.231 e. The Kier molecular flexibility index (Phi) is 6.34. The van der Waals surface area contributed by atoms with Gasteiger partial charge in [0.1, 0.15) is 6.33 Å². The predicted molar refractivity (Wildman–Crippen MR) is 118 cm³/mol. The molecule has 32 heavy (non-hydrogen) atoms. The number of nitrogens with two attached hydrogens (primary N) is 1. The molecule has 1 amide bonds. The summed E-state index contributed by atoms with van der Waals surface area (Å²) in [7, 11) is 0. The second kappa shape index (κ2) is 9.51. The van der Waals surface area contributed by atoms with Crippen LogP contribution in [0.1, 0.15) is 23.6 Å². The number of hydrogen-bond acceptors (Lipinski definition) is 7. The monoisotopic (exact) mass is 437 g/mol. The van der Waals surface area contributed by atoms with E-state index < -0.39 is 5.82 Å². The van der Waals surface area contributed by atoms with Crippen molar-refractivity contribution >= 4 is 17.5 Å². The van der Waals surface area contributed by atoms with Gasteiger partial charge in [-0.3, -0.25) is 4.79 Å². The van der Waals surface area contributed by atoms with Crippen molar-refractivity contribution in [2.24, 2.45) is 5.73 Å². The first-order valence-corrected chi connectivity index (χ1v) is 10.3. The first-order valence-electron chi connectivity index (χ1n) is 10.3. The molecule has 1 aliphatic heterocycles. The lowest BCUT2D eigenvalue weighted by Gasteiger charge is -2.23. The highest BCUT2D eigenvalue weighted by molar-refractivity contribution is 5.76. The van der Waals surface area contributed by atoms with E-state index in [1.165, 1.54) is 6.33 Å². The average Bonchev–Trinajstić information content (AvgIpc) is 3.27. The summed E-state index contributed by atoms with van der Waals surface area (Å²) in [6, 6.07) is 13.0. The highest BCUT2D eigenvalue weighted by atomic mass is 19.1. The molecule has 0 spiro atoms. The van der Waals surface area contributed by atoms with E-state index in [9.17, 15) is 4.79 Å². The summed E-state index contributed by atoms with van der Waals surface area (Å²) in [5.74, 6) is 0.784. The number of amides is 1. The fourth-order valence-electron chi connectivity index (χ4n) is 3.52. The van der Waals surface area contributed by atoms with Gasteiger partial charge in [-0.15, -0.1) is 0 Å². The standard InChI is InChI=1S/C23H24FN5O3/c1-2-29(12-17-4-3-5-18-21(17)32-14-31-18)23-20(24)22(27-13-28-23)26-11-16-8-6-15(7-9-16)10-19(25)30/h3-9,13H,2,10-12,14H2,1H3,(H2,25,30)(H,26,27,28). The predicted octanol–water partition coefficient (Wildman–Crippen LogP) is 3.01. The number of benzene rings is 2. The first-order chi connectivity index (χ1) is 15.5. The molecule has 0 saturated carbocycles. The minimum absolute atomic E-state index is 0.118. The second-order valence-electron chi connectivity index (χ2n) is 7.34. The highest BCUT2D eigenvalue weighted by Gasteiger charge is 2.22. The number of carbonyl (C=O) groups excluding carboxylic acids is 1. The molecule has 0 radical (unpaired) electrons. The second-order valence-corrected chi connectivity index (χ2v) is 7.34. The third-order valence-corrected chi connectivity index (χ3v) is 5.15. The van der Waals surface area contributed by atoms with Crippen LogP contribution in [0.5, 0.6) is 11.5 Å². The summed E-state index contributed by atoms with van der Waals surface area (Å²) in [5.41, 5.74) is 7.86. The Morgan fingerprint density at radius 1 is 1.16 bits per heavy atom. The number of nitrogens with one attached hydrogen (secondary N) is 1. The summed E-state index contributed by atoms with van der Waals surface area (Å²) in [6.45, 7) is 3.44. The third-order valence-electron chi connectivity index (χ3n) is 5.15. The maximum absolute atomic E-state index is 15.3. The minimum atomic E-state index is -0.524. The van der Waals surface area contributed by atoms with Gasteiger partial charge in [-0.2, -0.15) is 4.39 Å². The van der Waals surface area contributed by atoms with E-state index in [1.807, 2.05) is 54.3 Å². The lowest BCUT2D eigenvalue weighted by molar-refractivity contribution is -0.117. The molecule has 0 unspecified atom stereocenters. The van der Waals surface area contributed by atoms with Gasteiger partial charge in [0.15, 0.2) is 23.1 Å². The summed E-state index contributed by atoms with van der Waals surface area (Å²) < 4.78 is 26.3. The van der Waals surface area contributed by atoms with Gasteiger partial charge < -0.3 is 25.4 Å². The van der Waals surface area contributed by atoms with Gasteiger partial charge in [-0.05, 0) is 24.1 Å². The molecule has 0 bridgehead atoms. The van der Waals surface area contributed by atoms with Crippen LogP contribution in [0, 0.1) is 5.82 Å². The Balaban J connectivity index is 1.47. The molecule has 2 heterocycles. The molecule has 0 atom stereocenters. The number of halogens is 1. The van der Waals surface area contributed by atoms with Crippen molar-refractivity contribution in [3.63, 3.8) is 0 Å². The molecule has 1 aliphatic rings. The Labute approximate surface area is 185 Å². The van der Waals surface area contributed by atoms with Gasteiger partial charge in [0, 0.05) is 25.2 Å². The molecular formula is C23H24FN5O3. The van der Waals surface area contributed by atoms with E-state index in [4.69, 9.17) is 15.2 Å². The lowest BCUT2D eigenvalue weighted by Crippen LogP contribution is -2.25. The number of aromatic nitrogens is 2. The van der Waals surface area contributed by atoms with Gasteiger partial charge in [-0.25, -0.2) is 9.97 Å². The molecule has 8 nitrogen and oxygen atoms in total. The number of fused-ring (bicyclic) bond motifs is 1. The van der Waals surface area contributed by atoms with Crippen LogP contribution in [0.4, 0.5) is 16.0 Å². The number of hydrogen-bond donors (Lipinski definition) is 2. The van der Waals surface area contributed by atoms with Crippen molar-refractivity contribution in [1.82, 2.24) is 9.97 Å². The average molecular weight is 437 g/mol. The minimum Gasteiger partial charge on any atom is -0.454 e. The number of ether oxygens (including phenoxy) is 2. The smallest absolute Gasteiger partial charge is 0.231 e. The quantitative estimate of drug-likeness (QED) is 0.530. The van der Waals surface area contributed by atoms with E-state index in [0.717, 1.165) is 16.7 Å². The van der Waals surface area contributed by atoms with Crippen LogP contribution < -0.4 is 25.4 Å². The first kappa shape index (κ1) is 21.4. The summed E-state index contributed by atoms with van der Waals surface area (Å²) >= 11 is 0. The van der Waals surface area contributed by atoms with E-state index in [0.29, 0.717) is 31.1 Å². The number of primary amides is 1. The van der Waals surface area contributed by atoms with Crippen molar-refractivity contribution in [2.45, 2.75) is 26.4 Å². The van der Waals surface area contributed by atoms with E-state index in [-0.39, 0.29) is 30.8 Å². The van der Waals surface area contributed by atoms with Crippen LogP contribution in [-0.4, -0.2) is 29.2 Å². The van der Waals surface area contributed by atoms with Crippen molar-refractivity contribution in [1.29, 1.82) is 0 Å². The molecular weight excluding hydrogens is 413 g/mol. The van der Waals surface area contributed by atoms with Gasteiger partial charge in [0.25, 0.3) is 0 Å². The van der Waals surface area contributed by atoms with E-state index in [2.05, 4.69) is 15.3 Å². The number of para-hydroxylation sites is 1. The van der Waals surface area contributed by atoms with Gasteiger partial charge >= 0.3 is 0 Å². The fraction of sp³-hybridized carbons (Fsp3) is 0.261. The maximum atomic E-state index is 15.3. The molecule has 0 fully saturated rings. The van der Waals surface area contributed by atoms with Crippen molar-refractivity contribution in [3.05, 3.63) is 71.3 Å². The molecule has 2 aromatic carbocycles. The normalized spacial score (nSPS) is 11.9. The van der Waals surface area contributed by atoms with Crippen molar-refractivity contribution in [3.8, 4) is 11.5 Å². The lowest BCUT2D eigenvalue weighted by atomic mass is 10.1. The molecule has 9 heteroatoms. The van der Waals surface area contributed by atoms with Crippen molar-refractivity contribution in [2.75, 3.05) is 23.6 Å². The highest BCUT2D eigenvalue weighted by Crippen LogP contribution is 2.36. The fourth-order valence-corrected chi connectivity index (χ4v) is 3.52.